The van der Waals surface area contributed by atoms with Gasteiger partial charge in [-0.05, 0) is 18.2 Å². The second kappa shape index (κ2) is 6.58. The number of nitrogens with one attached hydrogen (secondary N) is 1. The van der Waals surface area contributed by atoms with Crippen LogP contribution in [0.4, 0.5) is 11.4 Å². The van der Waals surface area contributed by atoms with Gasteiger partial charge in [-0.2, -0.15) is 0 Å². The lowest BCUT2D eigenvalue weighted by molar-refractivity contribution is -0.142. The second-order valence-corrected chi connectivity index (χ2v) is 4.90. The number of hydrogen-bond donors (Lipinski definition) is 2. The predicted molar refractivity (Wildman–Crippen MR) is 76.5 cm³/mol. The summed E-state index contributed by atoms with van der Waals surface area (Å²) in [5.41, 5.74) is 6.68. The molecule has 1 heterocycles. The largest absolute Gasteiger partial charge is 0.397 e. The maximum atomic E-state index is 11.8. The van der Waals surface area contributed by atoms with Crippen LogP contribution < -0.4 is 11.1 Å². The summed E-state index contributed by atoms with van der Waals surface area (Å²) in [6.07, 6.45) is 0.206. The Hall–Kier alpha value is -1.79. The highest BCUT2D eigenvalue weighted by Gasteiger charge is 2.19. The predicted octanol–water partition coefficient (Wildman–Crippen LogP) is 1.11. The fourth-order valence-electron chi connectivity index (χ4n) is 1.87. The summed E-state index contributed by atoms with van der Waals surface area (Å²) in [7, 11) is 0. The Morgan fingerprint density at radius 2 is 2.30 bits per heavy atom. The van der Waals surface area contributed by atoms with Crippen molar-refractivity contribution in [3.8, 4) is 0 Å². The number of morpholine rings is 1. The maximum absolute atomic E-state index is 11.8. The van der Waals surface area contributed by atoms with E-state index < -0.39 is 0 Å². The lowest BCUT2D eigenvalue weighted by Crippen LogP contribution is -2.42. The fourth-order valence-corrected chi connectivity index (χ4v) is 2.04. The number of halogens is 1. The van der Waals surface area contributed by atoms with Crippen LogP contribution >= 0.6 is 11.6 Å². The molecule has 2 rings (SSSR count). The van der Waals surface area contributed by atoms with Crippen molar-refractivity contribution in [2.24, 2.45) is 0 Å². The van der Waals surface area contributed by atoms with Crippen LogP contribution in [0.1, 0.15) is 6.42 Å². The number of nitrogens with zero attached hydrogens (tertiary/aromatic N) is 1. The first-order valence-electron chi connectivity index (χ1n) is 6.26. The third kappa shape index (κ3) is 3.85. The molecule has 108 valence electrons. The molecule has 1 fully saturated rings. The van der Waals surface area contributed by atoms with Crippen LogP contribution in [0.15, 0.2) is 18.2 Å². The third-order valence-electron chi connectivity index (χ3n) is 2.98. The summed E-state index contributed by atoms with van der Waals surface area (Å²) in [5.74, 6) is -0.301. The van der Waals surface area contributed by atoms with Gasteiger partial charge >= 0.3 is 0 Å². The Balaban J connectivity index is 1.86. The summed E-state index contributed by atoms with van der Waals surface area (Å²) in [5, 5.41) is 3.19. The summed E-state index contributed by atoms with van der Waals surface area (Å²) in [6, 6.07) is 4.87. The molecular formula is C13H16ClN3O3. The van der Waals surface area contributed by atoms with E-state index in [9.17, 15) is 9.59 Å². The number of nitrogen functional groups attached to an aromatic ring is 1. The molecule has 1 aliphatic rings. The minimum absolute atomic E-state index is 0.0862. The van der Waals surface area contributed by atoms with Crippen LogP contribution in [0.25, 0.3) is 0 Å². The van der Waals surface area contributed by atoms with Crippen LogP contribution in [0.5, 0.6) is 0 Å². The van der Waals surface area contributed by atoms with Gasteiger partial charge in [0.05, 0.1) is 18.0 Å². The SMILES string of the molecule is Nc1ccc(Cl)cc1NC(=O)CCN1CCOCC1=O. The summed E-state index contributed by atoms with van der Waals surface area (Å²) in [6.45, 7) is 1.48. The van der Waals surface area contributed by atoms with E-state index in [-0.39, 0.29) is 24.8 Å². The van der Waals surface area contributed by atoms with Crippen LogP contribution in [-0.4, -0.2) is 43.0 Å². The highest BCUT2D eigenvalue weighted by Crippen LogP contribution is 2.22. The van der Waals surface area contributed by atoms with Gasteiger partial charge in [0.15, 0.2) is 0 Å². The lowest BCUT2D eigenvalue weighted by Gasteiger charge is -2.26. The molecule has 0 radical (unpaired) electrons. The molecule has 3 N–H and O–H groups in total. The van der Waals surface area contributed by atoms with Gasteiger partial charge in [0.2, 0.25) is 11.8 Å². The molecule has 0 unspecified atom stereocenters. The first kappa shape index (κ1) is 14.6. The molecule has 0 bridgehead atoms. The van der Waals surface area contributed by atoms with Gasteiger partial charge in [-0.3, -0.25) is 9.59 Å². The van der Waals surface area contributed by atoms with Crippen molar-refractivity contribution in [1.29, 1.82) is 0 Å². The zero-order chi connectivity index (χ0) is 14.5. The number of amides is 2. The van der Waals surface area contributed by atoms with Crippen molar-refractivity contribution in [3.63, 3.8) is 0 Å². The molecule has 0 aromatic heterocycles. The van der Waals surface area contributed by atoms with E-state index in [0.29, 0.717) is 36.1 Å². The molecular weight excluding hydrogens is 282 g/mol. The normalized spacial score (nSPS) is 15.2. The monoisotopic (exact) mass is 297 g/mol. The van der Waals surface area contributed by atoms with Gasteiger partial charge in [0.25, 0.3) is 0 Å². The van der Waals surface area contributed by atoms with Crippen molar-refractivity contribution in [1.82, 2.24) is 4.90 Å². The molecule has 20 heavy (non-hydrogen) atoms. The van der Waals surface area contributed by atoms with Gasteiger partial charge < -0.3 is 20.7 Å². The van der Waals surface area contributed by atoms with Gasteiger partial charge in [-0.1, -0.05) is 11.6 Å². The number of nitrogens with two attached hydrogens (primary N) is 1. The number of carbonyl (C=O) groups excluding carboxylic acids is 2. The average molecular weight is 298 g/mol. The topological polar surface area (TPSA) is 84.7 Å². The molecule has 1 aromatic rings. The Morgan fingerprint density at radius 1 is 1.50 bits per heavy atom. The van der Waals surface area contributed by atoms with Crippen LogP contribution in [-0.2, 0) is 14.3 Å². The molecule has 2 amide bonds. The molecule has 0 atom stereocenters. The number of carbonyl (C=O) groups is 2. The zero-order valence-corrected chi connectivity index (χ0v) is 11.7. The molecule has 1 aliphatic heterocycles. The minimum atomic E-state index is -0.210. The zero-order valence-electron chi connectivity index (χ0n) is 10.9. The average Bonchev–Trinajstić information content (AvgIpc) is 2.42. The van der Waals surface area contributed by atoms with Crippen molar-refractivity contribution in [2.75, 3.05) is 37.4 Å². The van der Waals surface area contributed by atoms with Crippen LogP contribution in [0.2, 0.25) is 5.02 Å². The van der Waals surface area contributed by atoms with Gasteiger partial charge in [-0.15, -0.1) is 0 Å². The minimum Gasteiger partial charge on any atom is -0.397 e. The van der Waals surface area contributed by atoms with Crippen LogP contribution in [0, 0.1) is 0 Å². The molecule has 0 spiro atoms. The molecule has 0 aliphatic carbocycles. The smallest absolute Gasteiger partial charge is 0.248 e. The summed E-state index contributed by atoms with van der Waals surface area (Å²) in [4.78, 5) is 25.0. The van der Waals surface area contributed by atoms with Crippen molar-refractivity contribution < 1.29 is 14.3 Å². The van der Waals surface area contributed by atoms with E-state index in [0.717, 1.165) is 0 Å². The van der Waals surface area contributed by atoms with E-state index in [1.54, 1.807) is 23.1 Å². The highest BCUT2D eigenvalue weighted by atomic mass is 35.5. The number of hydrogen-bond acceptors (Lipinski definition) is 4. The molecule has 6 nitrogen and oxygen atoms in total. The Labute approximate surface area is 121 Å². The second-order valence-electron chi connectivity index (χ2n) is 4.46. The standard InChI is InChI=1S/C13H16ClN3O3/c14-9-1-2-10(15)11(7-9)16-12(18)3-4-17-5-6-20-8-13(17)19/h1-2,7H,3-6,8,15H2,(H,16,18). The van der Waals surface area contributed by atoms with Crippen molar-refractivity contribution in [3.05, 3.63) is 23.2 Å². The summed E-state index contributed by atoms with van der Waals surface area (Å²) >= 11 is 5.84. The highest BCUT2D eigenvalue weighted by molar-refractivity contribution is 6.31. The summed E-state index contributed by atoms with van der Waals surface area (Å²) < 4.78 is 5.02. The van der Waals surface area contributed by atoms with E-state index in [1.165, 1.54) is 0 Å². The van der Waals surface area contributed by atoms with Gasteiger partial charge in [0.1, 0.15) is 6.61 Å². The molecule has 7 heteroatoms. The number of rotatable bonds is 4. The van der Waals surface area contributed by atoms with Gasteiger partial charge in [0, 0.05) is 24.5 Å². The lowest BCUT2D eigenvalue weighted by atomic mass is 10.2. The van der Waals surface area contributed by atoms with E-state index in [4.69, 9.17) is 22.1 Å². The van der Waals surface area contributed by atoms with Crippen molar-refractivity contribution in [2.45, 2.75) is 6.42 Å². The molecule has 1 saturated heterocycles. The van der Waals surface area contributed by atoms with E-state index in [2.05, 4.69) is 5.32 Å². The Bertz CT molecular complexity index is 522. The number of anilines is 2. The van der Waals surface area contributed by atoms with Crippen molar-refractivity contribution >= 4 is 34.8 Å². The van der Waals surface area contributed by atoms with E-state index in [1.807, 2.05) is 0 Å². The van der Waals surface area contributed by atoms with Gasteiger partial charge in [-0.25, -0.2) is 0 Å². The number of ether oxygens (including phenoxy) is 1. The first-order chi connectivity index (χ1) is 9.56. The maximum Gasteiger partial charge on any atom is 0.248 e. The quantitative estimate of drug-likeness (QED) is 0.815. The first-order valence-corrected chi connectivity index (χ1v) is 6.64. The molecule has 1 aromatic carbocycles. The number of benzene rings is 1. The fraction of sp³-hybridized carbons (Fsp3) is 0.385. The Kier molecular flexibility index (Phi) is 4.81. The third-order valence-corrected chi connectivity index (χ3v) is 3.22. The van der Waals surface area contributed by atoms with Crippen LogP contribution in [0.3, 0.4) is 0 Å². The molecule has 0 saturated carbocycles. The van der Waals surface area contributed by atoms with E-state index >= 15 is 0 Å². The Morgan fingerprint density at radius 3 is 3.05 bits per heavy atom.